The zero-order valence-corrected chi connectivity index (χ0v) is 24.1. The van der Waals surface area contributed by atoms with E-state index in [1.54, 1.807) is 36.4 Å². The van der Waals surface area contributed by atoms with Gasteiger partial charge < -0.3 is 8.83 Å². The molecule has 210 valence electrons. The lowest BCUT2D eigenvalue weighted by Crippen LogP contribution is -1.93. The second kappa shape index (κ2) is 8.31. The Morgan fingerprint density at radius 1 is 0.533 bits per heavy atom. The lowest BCUT2D eigenvalue weighted by atomic mass is 10.1. The first-order valence-corrected chi connectivity index (χ1v) is 15.3. The highest BCUT2D eigenvalue weighted by molar-refractivity contribution is 7.25. The summed E-state index contributed by atoms with van der Waals surface area (Å²) in [5.74, 6) is 0. The summed E-state index contributed by atoms with van der Waals surface area (Å²) in [4.78, 5) is 17.5. The Morgan fingerprint density at radius 2 is 1.02 bits per heavy atom. The number of furan rings is 2. The molecule has 4 aromatic carbocycles. The second-order valence-electron chi connectivity index (χ2n) is 11.2. The van der Waals surface area contributed by atoms with Crippen LogP contribution in [0, 0.1) is 0 Å². The van der Waals surface area contributed by atoms with Gasteiger partial charge in [0, 0.05) is 42.3 Å². The van der Waals surface area contributed by atoms with Crippen LogP contribution >= 0.6 is 11.3 Å². The molecule has 45 heavy (non-hydrogen) atoms. The van der Waals surface area contributed by atoms with Gasteiger partial charge >= 0.3 is 0 Å². The molecule has 0 atom stereocenters. The molecule has 0 amide bonds. The molecule has 0 aliphatic carbocycles. The number of fused-ring (bicyclic) bond motifs is 13. The maximum absolute atomic E-state index is 6.40. The van der Waals surface area contributed by atoms with E-state index >= 15 is 0 Å². The fraction of sp³-hybridized carbons (Fsp3) is 0. The third-order valence-electron chi connectivity index (χ3n) is 8.86. The molecule has 0 N–H and O–H groups in total. The Kier molecular flexibility index (Phi) is 4.32. The van der Waals surface area contributed by atoms with Crippen LogP contribution in [0.5, 0.6) is 0 Å². The molecule has 0 saturated carbocycles. The number of aromatic nitrogens is 6. The molecule has 11 rings (SSSR count). The van der Waals surface area contributed by atoms with E-state index in [-0.39, 0.29) is 0 Å². The van der Waals surface area contributed by atoms with E-state index in [1.807, 2.05) is 0 Å². The topological polar surface area (TPSA) is 87.7 Å². The summed E-state index contributed by atoms with van der Waals surface area (Å²) in [6.07, 6.45) is 6.61. The molecule has 0 fully saturated rings. The van der Waals surface area contributed by atoms with Crippen molar-refractivity contribution in [2.45, 2.75) is 0 Å². The van der Waals surface area contributed by atoms with Gasteiger partial charge in [0.2, 0.25) is 11.4 Å². The van der Waals surface area contributed by atoms with Gasteiger partial charge in [-0.05, 0) is 48.5 Å². The molecular weight excluding hydrogens is 581 g/mol. The Labute approximate surface area is 256 Å². The van der Waals surface area contributed by atoms with Crippen molar-refractivity contribution in [2.24, 2.45) is 0 Å². The Bertz CT molecular complexity index is 2810. The second-order valence-corrected chi connectivity index (χ2v) is 12.3. The van der Waals surface area contributed by atoms with Gasteiger partial charge in [0.25, 0.3) is 0 Å². The average molecular weight is 599 g/mol. The van der Waals surface area contributed by atoms with E-state index in [0.29, 0.717) is 11.2 Å². The quantitative estimate of drug-likeness (QED) is 0.197. The fourth-order valence-electron chi connectivity index (χ4n) is 7.00. The molecule has 9 heteroatoms. The third kappa shape index (κ3) is 2.99. The molecule has 0 saturated heterocycles. The summed E-state index contributed by atoms with van der Waals surface area (Å²) in [6, 6.07) is 30.0. The lowest BCUT2D eigenvalue weighted by Gasteiger charge is -2.08. The van der Waals surface area contributed by atoms with Crippen molar-refractivity contribution in [1.82, 2.24) is 29.1 Å². The Balaban J connectivity index is 1.19. The third-order valence-corrected chi connectivity index (χ3v) is 10.0. The van der Waals surface area contributed by atoms with Crippen molar-refractivity contribution in [3.63, 3.8) is 0 Å². The van der Waals surface area contributed by atoms with Crippen molar-refractivity contribution < 1.29 is 8.83 Å². The summed E-state index contributed by atoms with van der Waals surface area (Å²) in [6.45, 7) is 0. The lowest BCUT2D eigenvalue weighted by molar-refractivity contribution is 0.642. The van der Waals surface area contributed by atoms with Crippen molar-refractivity contribution in [2.75, 3.05) is 0 Å². The van der Waals surface area contributed by atoms with E-state index in [9.17, 15) is 0 Å². The number of para-hydroxylation sites is 2. The summed E-state index contributed by atoms with van der Waals surface area (Å²) in [5, 5.41) is 6.56. The number of rotatable bonds is 2. The van der Waals surface area contributed by atoms with Gasteiger partial charge in [-0.25, -0.2) is 19.9 Å². The molecule has 7 heterocycles. The van der Waals surface area contributed by atoms with E-state index in [2.05, 4.69) is 114 Å². The van der Waals surface area contributed by atoms with E-state index < -0.39 is 0 Å². The zero-order chi connectivity index (χ0) is 29.2. The van der Waals surface area contributed by atoms with Crippen LogP contribution in [0.15, 0.2) is 119 Å². The van der Waals surface area contributed by atoms with Gasteiger partial charge in [0.05, 0.1) is 34.2 Å². The molecule has 0 aliphatic rings. The van der Waals surface area contributed by atoms with Crippen LogP contribution in [0.4, 0.5) is 0 Å². The number of hydrogen-bond donors (Lipinski definition) is 0. The van der Waals surface area contributed by atoms with Crippen molar-refractivity contribution in [3.8, 4) is 11.4 Å². The first kappa shape index (κ1) is 23.4. The minimum atomic E-state index is 0.676. The average Bonchev–Trinajstić information content (AvgIpc) is 3.87. The van der Waals surface area contributed by atoms with E-state index in [0.717, 1.165) is 66.4 Å². The molecule has 0 aliphatic heterocycles. The molecule has 7 aromatic heterocycles. The van der Waals surface area contributed by atoms with Gasteiger partial charge in [-0.1, -0.05) is 36.4 Å². The Morgan fingerprint density at radius 3 is 1.53 bits per heavy atom. The maximum atomic E-state index is 6.40. The summed E-state index contributed by atoms with van der Waals surface area (Å²) < 4.78 is 19.6. The predicted octanol–water partition coefficient (Wildman–Crippen LogP) is 9.32. The SMILES string of the molecule is c1ccc2c(c1)c1c3ncncc3oc1n2-c1ccc2sc3ccc(-n4c5ccccc5c5c6ncncc6oc54)cc3c2c1. The summed E-state index contributed by atoms with van der Waals surface area (Å²) in [7, 11) is 0. The highest BCUT2D eigenvalue weighted by Gasteiger charge is 2.22. The van der Waals surface area contributed by atoms with Crippen LogP contribution < -0.4 is 0 Å². The highest BCUT2D eigenvalue weighted by Crippen LogP contribution is 2.42. The summed E-state index contributed by atoms with van der Waals surface area (Å²) in [5.41, 5.74) is 8.71. The van der Waals surface area contributed by atoms with Crippen LogP contribution in [-0.2, 0) is 0 Å². The van der Waals surface area contributed by atoms with Gasteiger partial charge in [-0.2, -0.15) is 0 Å². The number of nitrogens with zero attached hydrogens (tertiary/aromatic N) is 6. The maximum Gasteiger partial charge on any atom is 0.215 e. The molecule has 8 nitrogen and oxygen atoms in total. The summed E-state index contributed by atoms with van der Waals surface area (Å²) >= 11 is 1.79. The minimum absolute atomic E-state index is 0.676. The number of hydrogen-bond acceptors (Lipinski definition) is 7. The molecule has 0 radical (unpaired) electrons. The zero-order valence-electron chi connectivity index (χ0n) is 23.3. The largest absolute Gasteiger partial charge is 0.436 e. The van der Waals surface area contributed by atoms with Gasteiger partial charge in [-0.3, -0.25) is 9.13 Å². The molecule has 0 unspecified atom stereocenters. The standard InChI is InChI=1S/C36H18N6O2S/c1-3-7-25-21(5-1)31-33-27(15-37-17-39-33)43-35(31)41(25)19-9-11-29-23(13-19)24-14-20(10-12-30(24)45-29)42-26-8-4-2-6-22(26)32-34-28(44-36(32)42)16-38-18-40-34/h1-18H. The fourth-order valence-corrected chi connectivity index (χ4v) is 8.06. The minimum Gasteiger partial charge on any atom is -0.436 e. The van der Waals surface area contributed by atoms with E-state index in [1.165, 1.54) is 20.2 Å². The van der Waals surface area contributed by atoms with Crippen molar-refractivity contribution in [1.29, 1.82) is 0 Å². The van der Waals surface area contributed by atoms with Crippen molar-refractivity contribution in [3.05, 3.63) is 110 Å². The van der Waals surface area contributed by atoms with Crippen LogP contribution in [0.25, 0.3) is 97.8 Å². The molecule has 11 aromatic rings. The molecular formula is C36H18N6O2S. The smallest absolute Gasteiger partial charge is 0.215 e. The number of benzene rings is 4. The van der Waals surface area contributed by atoms with Gasteiger partial charge in [-0.15, -0.1) is 11.3 Å². The number of thiophene rings is 1. The molecule has 0 spiro atoms. The van der Waals surface area contributed by atoms with E-state index in [4.69, 9.17) is 8.83 Å². The van der Waals surface area contributed by atoms with Crippen LogP contribution in [0.3, 0.4) is 0 Å². The van der Waals surface area contributed by atoms with Gasteiger partial charge in [0.15, 0.2) is 11.2 Å². The van der Waals surface area contributed by atoms with Crippen molar-refractivity contribution >= 4 is 97.7 Å². The van der Waals surface area contributed by atoms with Crippen LogP contribution in [0.2, 0.25) is 0 Å². The normalized spacial score (nSPS) is 12.4. The van der Waals surface area contributed by atoms with Gasteiger partial charge in [0.1, 0.15) is 23.7 Å². The monoisotopic (exact) mass is 598 g/mol. The predicted molar refractivity (Wildman–Crippen MR) is 179 cm³/mol. The Hall–Kier alpha value is -6.06. The first-order chi connectivity index (χ1) is 22.3. The first-order valence-electron chi connectivity index (χ1n) is 14.5. The highest BCUT2D eigenvalue weighted by atomic mass is 32.1. The van der Waals surface area contributed by atoms with Crippen LogP contribution in [0.1, 0.15) is 0 Å². The van der Waals surface area contributed by atoms with Crippen LogP contribution in [-0.4, -0.2) is 29.1 Å². The molecule has 0 bridgehead atoms.